The van der Waals surface area contributed by atoms with E-state index in [2.05, 4.69) is 6.58 Å². The molecule has 0 amide bonds. The van der Waals surface area contributed by atoms with Crippen molar-refractivity contribution in [3.05, 3.63) is 12.2 Å². The Morgan fingerprint density at radius 3 is 2.05 bits per heavy atom. The van der Waals surface area contributed by atoms with Crippen LogP contribution in [0.5, 0.6) is 0 Å². The molecule has 0 atom stereocenters. The molecule has 0 aromatic rings. The SMILES string of the molecule is C=C(C)C(=O)OCOC(=O)OC12CC3CC(CC(C3)C1)C2. The van der Waals surface area contributed by atoms with Crippen molar-refractivity contribution in [3.8, 4) is 0 Å². The van der Waals surface area contributed by atoms with Crippen LogP contribution in [0.1, 0.15) is 45.4 Å². The van der Waals surface area contributed by atoms with Gasteiger partial charge in [0.15, 0.2) is 0 Å². The van der Waals surface area contributed by atoms with Crippen LogP contribution in [0, 0.1) is 17.8 Å². The van der Waals surface area contributed by atoms with Gasteiger partial charge in [0.2, 0.25) is 6.79 Å². The Morgan fingerprint density at radius 2 is 1.57 bits per heavy atom. The van der Waals surface area contributed by atoms with Gasteiger partial charge in [0.1, 0.15) is 5.60 Å². The van der Waals surface area contributed by atoms with Gasteiger partial charge in [-0.1, -0.05) is 6.58 Å². The Balaban J connectivity index is 1.49. The number of ether oxygens (including phenoxy) is 3. The van der Waals surface area contributed by atoms with E-state index in [4.69, 9.17) is 14.2 Å². The lowest BCUT2D eigenvalue weighted by molar-refractivity contribution is -0.161. The van der Waals surface area contributed by atoms with Gasteiger partial charge in [-0.25, -0.2) is 9.59 Å². The molecule has 116 valence electrons. The summed E-state index contributed by atoms with van der Waals surface area (Å²) in [6.07, 6.45) is 6.00. The quantitative estimate of drug-likeness (QED) is 0.453. The molecule has 0 saturated heterocycles. The van der Waals surface area contributed by atoms with E-state index in [1.165, 1.54) is 26.2 Å². The van der Waals surface area contributed by atoms with Crippen LogP contribution in [0.3, 0.4) is 0 Å². The van der Waals surface area contributed by atoms with E-state index >= 15 is 0 Å². The van der Waals surface area contributed by atoms with Crippen molar-refractivity contribution >= 4 is 12.1 Å². The van der Waals surface area contributed by atoms with E-state index in [-0.39, 0.29) is 11.2 Å². The number of hydrogen-bond donors (Lipinski definition) is 0. The first-order chi connectivity index (χ1) is 9.96. The summed E-state index contributed by atoms with van der Waals surface area (Å²) in [6, 6.07) is 0. The largest absolute Gasteiger partial charge is 0.511 e. The molecule has 0 N–H and O–H groups in total. The monoisotopic (exact) mass is 294 g/mol. The fourth-order valence-electron chi connectivity index (χ4n) is 4.62. The van der Waals surface area contributed by atoms with Crippen molar-refractivity contribution in [2.75, 3.05) is 6.79 Å². The van der Waals surface area contributed by atoms with Gasteiger partial charge in [-0.05, 0) is 63.2 Å². The summed E-state index contributed by atoms with van der Waals surface area (Å²) in [5, 5.41) is 0. The fourth-order valence-corrected chi connectivity index (χ4v) is 4.62. The minimum absolute atomic E-state index is 0.271. The van der Waals surface area contributed by atoms with Crippen LogP contribution in [-0.4, -0.2) is 24.5 Å². The third-order valence-corrected chi connectivity index (χ3v) is 5.00. The van der Waals surface area contributed by atoms with Gasteiger partial charge >= 0.3 is 12.1 Å². The zero-order valence-corrected chi connectivity index (χ0v) is 12.4. The van der Waals surface area contributed by atoms with E-state index in [1.807, 2.05) is 0 Å². The number of hydrogen-bond acceptors (Lipinski definition) is 5. The van der Waals surface area contributed by atoms with Crippen LogP contribution in [-0.2, 0) is 19.0 Å². The van der Waals surface area contributed by atoms with Crippen LogP contribution in [0.2, 0.25) is 0 Å². The van der Waals surface area contributed by atoms with Gasteiger partial charge < -0.3 is 14.2 Å². The van der Waals surface area contributed by atoms with Crippen LogP contribution >= 0.6 is 0 Å². The van der Waals surface area contributed by atoms with Crippen LogP contribution in [0.15, 0.2) is 12.2 Å². The average molecular weight is 294 g/mol. The average Bonchev–Trinajstić information content (AvgIpc) is 2.35. The highest BCUT2D eigenvalue weighted by Gasteiger charge is 2.53. The van der Waals surface area contributed by atoms with Gasteiger partial charge in [0.25, 0.3) is 0 Å². The summed E-state index contributed by atoms with van der Waals surface area (Å²) in [4.78, 5) is 23.0. The fraction of sp³-hybridized carbons (Fsp3) is 0.750. The summed E-state index contributed by atoms with van der Waals surface area (Å²) >= 11 is 0. The van der Waals surface area contributed by atoms with E-state index in [0.29, 0.717) is 17.8 Å². The zero-order valence-electron chi connectivity index (χ0n) is 12.4. The number of carbonyl (C=O) groups excluding carboxylic acids is 2. The minimum atomic E-state index is -0.730. The Bertz CT molecular complexity index is 432. The standard InChI is InChI=1S/C16H22O5/c1-10(2)14(17)19-9-20-15(18)21-16-6-11-3-12(7-16)5-13(4-11)8-16/h11-13H,1,3-9H2,2H3. The molecular formula is C16H22O5. The lowest BCUT2D eigenvalue weighted by atomic mass is 9.54. The predicted octanol–water partition coefficient (Wildman–Crippen LogP) is 3.19. The molecule has 5 heteroatoms. The zero-order chi connectivity index (χ0) is 15.0. The van der Waals surface area contributed by atoms with Crippen molar-refractivity contribution < 1.29 is 23.8 Å². The number of carbonyl (C=O) groups is 2. The topological polar surface area (TPSA) is 61.8 Å². The summed E-state index contributed by atoms with van der Waals surface area (Å²) < 4.78 is 15.2. The van der Waals surface area contributed by atoms with Crippen molar-refractivity contribution in [1.82, 2.24) is 0 Å². The summed E-state index contributed by atoms with van der Waals surface area (Å²) in [5.74, 6) is 1.53. The van der Waals surface area contributed by atoms with Gasteiger partial charge in [-0.15, -0.1) is 0 Å². The molecule has 4 saturated carbocycles. The second-order valence-electron chi connectivity index (χ2n) is 6.93. The molecule has 4 bridgehead atoms. The molecule has 0 heterocycles. The summed E-state index contributed by atoms with van der Waals surface area (Å²) in [7, 11) is 0. The lowest BCUT2D eigenvalue weighted by Crippen LogP contribution is -2.52. The molecule has 4 fully saturated rings. The normalized spacial score (nSPS) is 36.1. The molecule has 0 spiro atoms. The van der Waals surface area contributed by atoms with Gasteiger partial charge in [0.05, 0.1) is 0 Å². The molecule has 0 aliphatic heterocycles. The highest BCUT2D eigenvalue weighted by molar-refractivity contribution is 5.86. The van der Waals surface area contributed by atoms with Crippen molar-refractivity contribution in [3.63, 3.8) is 0 Å². The first kappa shape index (κ1) is 14.4. The van der Waals surface area contributed by atoms with Gasteiger partial charge in [-0.2, -0.15) is 0 Å². The maximum absolute atomic E-state index is 11.8. The summed E-state index contributed by atoms with van der Waals surface area (Å²) in [6.45, 7) is 4.57. The molecular weight excluding hydrogens is 272 g/mol. The third kappa shape index (κ3) is 3.06. The lowest BCUT2D eigenvalue weighted by Gasteiger charge is -2.55. The Morgan fingerprint density at radius 1 is 1.05 bits per heavy atom. The van der Waals surface area contributed by atoms with E-state index < -0.39 is 18.9 Å². The molecule has 0 aromatic heterocycles. The predicted molar refractivity (Wildman–Crippen MR) is 74.2 cm³/mol. The highest BCUT2D eigenvalue weighted by Crippen LogP contribution is 2.57. The minimum Gasteiger partial charge on any atom is -0.428 e. The molecule has 4 aliphatic rings. The van der Waals surface area contributed by atoms with Gasteiger partial charge in [-0.3, -0.25) is 0 Å². The van der Waals surface area contributed by atoms with Gasteiger partial charge in [0, 0.05) is 5.57 Å². The second-order valence-corrected chi connectivity index (χ2v) is 6.93. The highest BCUT2D eigenvalue weighted by atomic mass is 16.8. The van der Waals surface area contributed by atoms with Crippen molar-refractivity contribution in [2.24, 2.45) is 17.8 Å². The van der Waals surface area contributed by atoms with Crippen LogP contribution < -0.4 is 0 Å². The molecule has 21 heavy (non-hydrogen) atoms. The molecule has 4 rings (SSSR count). The van der Waals surface area contributed by atoms with Crippen LogP contribution in [0.4, 0.5) is 4.79 Å². The molecule has 0 radical (unpaired) electrons. The van der Waals surface area contributed by atoms with Crippen molar-refractivity contribution in [1.29, 1.82) is 0 Å². The smallest absolute Gasteiger partial charge is 0.428 e. The summed E-state index contributed by atoms with van der Waals surface area (Å²) in [5.41, 5.74) is -0.0578. The maximum Gasteiger partial charge on any atom is 0.511 e. The Labute approximate surface area is 124 Å². The first-order valence-electron chi connectivity index (χ1n) is 7.64. The Kier molecular flexibility index (Phi) is 3.68. The number of esters is 1. The third-order valence-electron chi connectivity index (χ3n) is 5.00. The molecule has 0 unspecified atom stereocenters. The van der Waals surface area contributed by atoms with Crippen molar-refractivity contribution in [2.45, 2.75) is 51.0 Å². The number of rotatable bonds is 4. The molecule has 4 aliphatic carbocycles. The second kappa shape index (κ2) is 5.35. The first-order valence-corrected chi connectivity index (χ1v) is 7.64. The van der Waals surface area contributed by atoms with E-state index in [0.717, 1.165) is 19.3 Å². The van der Waals surface area contributed by atoms with E-state index in [1.54, 1.807) is 0 Å². The maximum atomic E-state index is 11.8. The van der Waals surface area contributed by atoms with E-state index in [9.17, 15) is 9.59 Å². The Hall–Kier alpha value is -1.52. The molecule has 0 aromatic carbocycles. The van der Waals surface area contributed by atoms with Crippen LogP contribution in [0.25, 0.3) is 0 Å². The molecule has 5 nitrogen and oxygen atoms in total.